The summed E-state index contributed by atoms with van der Waals surface area (Å²) in [4.78, 5) is 0. The highest BCUT2D eigenvalue weighted by atomic mass is 16.3. The summed E-state index contributed by atoms with van der Waals surface area (Å²) in [5.74, 6) is 0. The average molecular weight is 163 g/mol. The van der Waals surface area contributed by atoms with Crippen molar-refractivity contribution in [3.8, 4) is 0 Å². The molecule has 0 radical (unpaired) electrons. The van der Waals surface area contributed by atoms with Gasteiger partial charge in [-0.3, -0.25) is 5.32 Å². The van der Waals surface area contributed by atoms with Crippen LogP contribution in [0.5, 0.6) is 0 Å². The molecule has 1 unspecified atom stereocenters. The molecule has 12 heavy (non-hydrogen) atoms. The Morgan fingerprint density at radius 1 is 1.42 bits per heavy atom. The van der Waals surface area contributed by atoms with Gasteiger partial charge in [0.1, 0.15) is 5.72 Å². The van der Waals surface area contributed by atoms with E-state index < -0.39 is 5.72 Å². The number of rotatable bonds is 1. The predicted molar refractivity (Wildman–Crippen MR) is 47.7 cm³/mol. The zero-order valence-corrected chi connectivity index (χ0v) is 7.17. The number of hydrogen-bond donors (Lipinski definition) is 2. The van der Waals surface area contributed by atoms with Crippen LogP contribution in [-0.4, -0.2) is 12.2 Å². The fourth-order valence-corrected chi connectivity index (χ4v) is 1.85. The fourth-order valence-electron chi connectivity index (χ4n) is 1.85. The molecule has 1 aromatic rings. The minimum absolute atomic E-state index is 0.781. The Hall–Kier alpha value is -0.860. The van der Waals surface area contributed by atoms with E-state index >= 15 is 0 Å². The first-order chi connectivity index (χ1) is 5.76. The van der Waals surface area contributed by atoms with Gasteiger partial charge in [-0.25, -0.2) is 0 Å². The molecule has 0 aliphatic heterocycles. The van der Waals surface area contributed by atoms with Crippen LogP contribution in [-0.2, 0) is 12.1 Å². The topological polar surface area (TPSA) is 32.3 Å². The van der Waals surface area contributed by atoms with Gasteiger partial charge >= 0.3 is 0 Å². The molecule has 0 saturated heterocycles. The van der Waals surface area contributed by atoms with Crippen LogP contribution in [0.25, 0.3) is 0 Å². The molecular formula is C10H13NO. The van der Waals surface area contributed by atoms with Gasteiger partial charge in [0.05, 0.1) is 0 Å². The number of benzene rings is 1. The Morgan fingerprint density at radius 2 is 2.17 bits per heavy atom. The van der Waals surface area contributed by atoms with Crippen LogP contribution >= 0.6 is 0 Å². The third kappa shape index (κ3) is 0.958. The summed E-state index contributed by atoms with van der Waals surface area (Å²) >= 11 is 0. The van der Waals surface area contributed by atoms with Crippen LogP contribution in [0.2, 0.25) is 0 Å². The quantitative estimate of drug-likeness (QED) is 0.605. The lowest BCUT2D eigenvalue weighted by atomic mass is 10.1. The molecule has 0 fully saturated rings. The third-order valence-corrected chi connectivity index (χ3v) is 2.63. The van der Waals surface area contributed by atoms with E-state index in [1.54, 1.807) is 7.05 Å². The molecule has 0 heterocycles. The van der Waals surface area contributed by atoms with Gasteiger partial charge in [-0.2, -0.15) is 0 Å². The fraction of sp³-hybridized carbons (Fsp3) is 0.400. The molecule has 1 atom stereocenters. The maximum absolute atomic E-state index is 10.0. The zero-order chi connectivity index (χ0) is 8.60. The Bertz CT molecular complexity index is 298. The van der Waals surface area contributed by atoms with Gasteiger partial charge in [-0.15, -0.1) is 0 Å². The monoisotopic (exact) mass is 163 g/mol. The lowest BCUT2D eigenvalue weighted by Gasteiger charge is -2.22. The van der Waals surface area contributed by atoms with Gasteiger partial charge in [0.2, 0.25) is 0 Å². The lowest BCUT2D eigenvalue weighted by molar-refractivity contribution is 0.0102. The summed E-state index contributed by atoms with van der Waals surface area (Å²) < 4.78 is 0. The van der Waals surface area contributed by atoms with Gasteiger partial charge in [0.15, 0.2) is 0 Å². The second kappa shape index (κ2) is 2.57. The SMILES string of the molecule is CNC1(O)CCc2ccccc21. The summed E-state index contributed by atoms with van der Waals surface area (Å²) in [5.41, 5.74) is 1.51. The molecule has 64 valence electrons. The molecule has 0 bridgehead atoms. The highest BCUT2D eigenvalue weighted by Gasteiger charge is 2.34. The van der Waals surface area contributed by atoms with Crippen molar-refractivity contribution >= 4 is 0 Å². The summed E-state index contributed by atoms with van der Waals surface area (Å²) in [6.07, 6.45) is 1.75. The van der Waals surface area contributed by atoms with E-state index in [0.717, 1.165) is 18.4 Å². The van der Waals surface area contributed by atoms with E-state index in [1.165, 1.54) is 5.56 Å². The summed E-state index contributed by atoms with van der Waals surface area (Å²) in [7, 11) is 1.79. The van der Waals surface area contributed by atoms with E-state index in [1.807, 2.05) is 18.2 Å². The van der Waals surface area contributed by atoms with E-state index in [2.05, 4.69) is 11.4 Å². The van der Waals surface area contributed by atoms with E-state index in [-0.39, 0.29) is 0 Å². The Morgan fingerprint density at radius 3 is 2.92 bits per heavy atom. The predicted octanol–water partition coefficient (Wildman–Crippen LogP) is 0.997. The molecular weight excluding hydrogens is 150 g/mol. The maximum atomic E-state index is 10.0. The number of fused-ring (bicyclic) bond motifs is 1. The number of hydrogen-bond acceptors (Lipinski definition) is 2. The average Bonchev–Trinajstić information content (AvgIpc) is 2.46. The first kappa shape index (κ1) is 7.77. The Labute approximate surface area is 72.2 Å². The minimum atomic E-state index is -0.781. The molecule has 2 heteroatoms. The van der Waals surface area contributed by atoms with Crippen molar-refractivity contribution in [2.24, 2.45) is 0 Å². The van der Waals surface area contributed by atoms with Crippen molar-refractivity contribution in [1.29, 1.82) is 0 Å². The normalized spacial score (nSPS) is 27.2. The molecule has 2 nitrogen and oxygen atoms in total. The molecule has 0 amide bonds. The second-order valence-electron chi connectivity index (χ2n) is 3.27. The van der Waals surface area contributed by atoms with Crippen molar-refractivity contribution < 1.29 is 5.11 Å². The van der Waals surface area contributed by atoms with Gasteiger partial charge in [0.25, 0.3) is 0 Å². The molecule has 1 aliphatic rings. The van der Waals surface area contributed by atoms with Crippen LogP contribution in [0, 0.1) is 0 Å². The van der Waals surface area contributed by atoms with Gasteiger partial charge in [-0.05, 0) is 25.5 Å². The van der Waals surface area contributed by atoms with Crippen LogP contribution < -0.4 is 5.32 Å². The Kier molecular flexibility index (Phi) is 1.67. The van der Waals surface area contributed by atoms with E-state index in [9.17, 15) is 5.11 Å². The van der Waals surface area contributed by atoms with Crippen LogP contribution in [0.1, 0.15) is 17.5 Å². The lowest BCUT2D eigenvalue weighted by Crippen LogP contribution is -2.37. The number of nitrogens with one attached hydrogen (secondary N) is 1. The second-order valence-corrected chi connectivity index (χ2v) is 3.27. The van der Waals surface area contributed by atoms with Crippen LogP contribution in [0.3, 0.4) is 0 Å². The standard InChI is InChI=1S/C10H13NO/c1-11-10(12)7-6-8-4-2-3-5-9(8)10/h2-5,11-12H,6-7H2,1H3. The van der Waals surface area contributed by atoms with E-state index in [4.69, 9.17) is 0 Å². The van der Waals surface area contributed by atoms with Crippen molar-refractivity contribution in [2.45, 2.75) is 18.6 Å². The largest absolute Gasteiger partial charge is 0.372 e. The molecule has 2 N–H and O–H groups in total. The highest BCUT2D eigenvalue weighted by molar-refractivity contribution is 5.36. The molecule has 1 aliphatic carbocycles. The smallest absolute Gasteiger partial charge is 0.142 e. The minimum Gasteiger partial charge on any atom is -0.372 e. The van der Waals surface area contributed by atoms with Crippen molar-refractivity contribution in [3.05, 3.63) is 35.4 Å². The molecule has 0 spiro atoms. The Balaban J connectivity index is 2.49. The maximum Gasteiger partial charge on any atom is 0.142 e. The summed E-state index contributed by atoms with van der Waals surface area (Å²) in [6, 6.07) is 8.04. The van der Waals surface area contributed by atoms with Crippen molar-refractivity contribution in [1.82, 2.24) is 5.32 Å². The van der Waals surface area contributed by atoms with Gasteiger partial charge in [0, 0.05) is 5.56 Å². The third-order valence-electron chi connectivity index (χ3n) is 2.63. The summed E-state index contributed by atoms with van der Waals surface area (Å²) in [6.45, 7) is 0. The molecule has 0 saturated carbocycles. The highest BCUT2D eigenvalue weighted by Crippen LogP contribution is 2.33. The van der Waals surface area contributed by atoms with Crippen LogP contribution in [0.15, 0.2) is 24.3 Å². The first-order valence-electron chi connectivity index (χ1n) is 4.26. The number of aliphatic hydroxyl groups is 1. The van der Waals surface area contributed by atoms with Crippen molar-refractivity contribution in [3.63, 3.8) is 0 Å². The molecule has 0 aromatic heterocycles. The van der Waals surface area contributed by atoms with Gasteiger partial charge < -0.3 is 5.11 Å². The van der Waals surface area contributed by atoms with Gasteiger partial charge in [-0.1, -0.05) is 24.3 Å². The molecule has 1 aromatic carbocycles. The molecule has 2 rings (SSSR count). The van der Waals surface area contributed by atoms with E-state index in [0.29, 0.717) is 0 Å². The summed E-state index contributed by atoms with van der Waals surface area (Å²) in [5, 5.41) is 13.0. The first-order valence-corrected chi connectivity index (χ1v) is 4.26. The van der Waals surface area contributed by atoms with Crippen molar-refractivity contribution in [2.75, 3.05) is 7.05 Å². The zero-order valence-electron chi connectivity index (χ0n) is 7.17. The van der Waals surface area contributed by atoms with Crippen LogP contribution in [0.4, 0.5) is 0 Å². The number of aryl methyl sites for hydroxylation is 1.